The molecule has 4 aromatic carbocycles. The van der Waals surface area contributed by atoms with Gasteiger partial charge in [-0.25, -0.2) is 12.2 Å². The van der Waals surface area contributed by atoms with E-state index in [-0.39, 0.29) is 61.8 Å². The third kappa shape index (κ3) is 7.95. The van der Waals surface area contributed by atoms with Crippen LogP contribution in [0, 0.1) is 6.08 Å². The van der Waals surface area contributed by atoms with Crippen LogP contribution in [0.5, 0.6) is 0 Å². The van der Waals surface area contributed by atoms with Crippen LogP contribution in [0.2, 0.25) is 0 Å². The minimum absolute atomic E-state index is 0. The smallest absolute Gasteiger partial charge is 1.00 e. The standard InChI is InChI=1S/C33H35Si.C5H5.2ClH.Zr/c1-32(2,3)23-17-19-27-28-20-18-24(33(4,5)6)22-30(28)31(29(27)21-23)34(25-13-9-7-10-14-25)26-15-11-8-12-16-26;1-2-4-5-3-1;;;/h7-22,31H,1-6H3;1-3H,4H2;2*1H;/q;-1;;;+3/p-2. The van der Waals surface area contributed by atoms with Gasteiger partial charge < -0.3 is 24.8 Å². The Morgan fingerprint density at radius 1 is 0.619 bits per heavy atom. The second-order valence-corrected chi connectivity index (χ2v) is 15.2. The molecule has 0 bridgehead atoms. The second-order valence-electron chi connectivity index (χ2n) is 12.7. The van der Waals surface area contributed by atoms with Gasteiger partial charge in [-0.05, 0) is 44.2 Å². The summed E-state index contributed by atoms with van der Waals surface area (Å²) in [5.74, 6) is 0. The first-order chi connectivity index (χ1) is 18.6. The number of allylic oxidation sites excluding steroid dienone is 4. The van der Waals surface area contributed by atoms with E-state index < -0.39 is 8.80 Å². The van der Waals surface area contributed by atoms with Gasteiger partial charge in [0.05, 0.1) is 0 Å². The van der Waals surface area contributed by atoms with E-state index in [9.17, 15) is 0 Å². The molecule has 2 aliphatic rings. The van der Waals surface area contributed by atoms with Crippen molar-refractivity contribution >= 4 is 19.2 Å². The van der Waals surface area contributed by atoms with Crippen LogP contribution in [0.4, 0.5) is 0 Å². The molecule has 0 amide bonds. The van der Waals surface area contributed by atoms with Gasteiger partial charge in [0.15, 0.2) is 0 Å². The predicted octanol–water partition coefficient (Wildman–Crippen LogP) is 2.55. The summed E-state index contributed by atoms with van der Waals surface area (Å²) in [6.07, 6.45) is 10.0. The first-order valence-electron chi connectivity index (χ1n) is 14.1. The Morgan fingerprint density at radius 2 is 1.05 bits per heavy atom. The number of halogens is 2. The number of rotatable bonds is 3. The average Bonchev–Trinajstić information content (AvgIpc) is 3.60. The molecule has 6 rings (SSSR count). The third-order valence-electron chi connectivity index (χ3n) is 7.79. The molecule has 0 aromatic heterocycles. The molecular weight excluding hydrogens is 647 g/mol. The van der Waals surface area contributed by atoms with Crippen molar-refractivity contribution in [1.82, 2.24) is 0 Å². The molecule has 214 valence electrons. The monoisotopic (exact) mass is 684 g/mol. The van der Waals surface area contributed by atoms with E-state index in [1.807, 2.05) is 12.2 Å². The third-order valence-corrected chi connectivity index (χ3v) is 10.9. The van der Waals surface area contributed by atoms with Crippen LogP contribution in [0.3, 0.4) is 0 Å². The van der Waals surface area contributed by atoms with Crippen LogP contribution in [0.25, 0.3) is 11.1 Å². The fourth-order valence-corrected chi connectivity index (χ4v) is 8.78. The average molecular weight is 687 g/mol. The van der Waals surface area contributed by atoms with Gasteiger partial charge in [-0.15, -0.1) is 6.42 Å². The van der Waals surface area contributed by atoms with Gasteiger partial charge in [0.1, 0.15) is 8.80 Å². The topological polar surface area (TPSA) is 0 Å². The molecule has 42 heavy (non-hydrogen) atoms. The van der Waals surface area contributed by atoms with Gasteiger partial charge in [-0.2, -0.15) is 6.08 Å². The second kappa shape index (κ2) is 15.2. The zero-order valence-corrected chi connectivity index (χ0v) is 30.5. The van der Waals surface area contributed by atoms with Gasteiger partial charge in [0.25, 0.3) is 0 Å². The molecule has 4 heteroatoms. The molecule has 0 fully saturated rings. The Morgan fingerprint density at radius 3 is 1.36 bits per heavy atom. The van der Waals surface area contributed by atoms with E-state index in [2.05, 4.69) is 151 Å². The van der Waals surface area contributed by atoms with Crippen LogP contribution in [-0.2, 0) is 37.0 Å². The largest absolute Gasteiger partial charge is 3.00 e. The first kappa shape index (κ1) is 36.2. The molecule has 0 aliphatic heterocycles. The normalized spacial score (nSPS) is 13.2. The van der Waals surface area contributed by atoms with Crippen molar-refractivity contribution in [2.45, 2.75) is 64.3 Å². The maximum atomic E-state index is 2.99. The molecule has 0 heterocycles. The summed E-state index contributed by atoms with van der Waals surface area (Å²) in [6.45, 7) is 13.9. The minimum Gasteiger partial charge on any atom is -1.00 e. The SMILES string of the molecule is CC(C)(C)c1ccc2c(c1)C([Si](c1ccccc1)c1ccccc1)c1cc(C(C)(C)C)ccc1-2.[C-]1=CC=CC1.[Cl-].[Cl-].[Zr+3]. The van der Waals surface area contributed by atoms with Crippen molar-refractivity contribution in [3.05, 3.63) is 144 Å². The fraction of sp³-hybridized carbons (Fsp3) is 0.263. The van der Waals surface area contributed by atoms with Crippen LogP contribution in [0.15, 0.2) is 115 Å². The van der Waals surface area contributed by atoms with Crippen LogP contribution >= 0.6 is 0 Å². The fourth-order valence-electron chi connectivity index (χ4n) is 5.58. The molecule has 0 unspecified atom stereocenters. The number of fused-ring (bicyclic) bond motifs is 3. The van der Waals surface area contributed by atoms with E-state index in [0.29, 0.717) is 5.54 Å². The van der Waals surface area contributed by atoms with Crippen LogP contribution in [-0.4, -0.2) is 8.80 Å². The summed E-state index contributed by atoms with van der Waals surface area (Å²) in [5, 5.41) is 2.95. The van der Waals surface area contributed by atoms with E-state index in [0.717, 1.165) is 6.42 Å². The Bertz CT molecular complexity index is 1380. The number of hydrogen-bond donors (Lipinski definition) is 0. The molecule has 0 atom stereocenters. The predicted molar refractivity (Wildman–Crippen MR) is 171 cm³/mol. The molecule has 0 saturated carbocycles. The zero-order valence-electron chi connectivity index (χ0n) is 25.5. The summed E-state index contributed by atoms with van der Waals surface area (Å²) < 4.78 is 0. The van der Waals surface area contributed by atoms with Crippen molar-refractivity contribution in [1.29, 1.82) is 0 Å². The van der Waals surface area contributed by atoms with Crippen molar-refractivity contribution < 1.29 is 51.0 Å². The van der Waals surface area contributed by atoms with E-state index in [4.69, 9.17) is 0 Å². The minimum atomic E-state index is -1.12. The van der Waals surface area contributed by atoms with Crippen molar-refractivity contribution in [2.24, 2.45) is 0 Å². The molecule has 0 N–H and O–H groups in total. The van der Waals surface area contributed by atoms with Crippen molar-refractivity contribution in [3.63, 3.8) is 0 Å². The van der Waals surface area contributed by atoms with Crippen molar-refractivity contribution in [3.8, 4) is 11.1 Å². The van der Waals surface area contributed by atoms with E-state index >= 15 is 0 Å². The van der Waals surface area contributed by atoms with Gasteiger partial charge in [0.2, 0.25) is 0 Å². The Labute approximate surface area is 287 Å². The number of benzene rings is 4. The molecule has 4 aromatic rings. The molecular formula is C38H40Cl2SiZr. The quantitative estimate of drug-likeness (QED) is 0.230. The maximum absolute atomic E-state index is 2.99. The molecule has 0 nitrogen and oxygen atoms in total. The zero-order chi connectivity index (χ0) is 27.6. The summed E-state index contributed by atoms with van der Waals surface area (Å²) in [6, 6.07) is 37.0. The summed E-state index contributed by atoms with van der Waals surface area (Å²) >= 11 is 0. The Hall–Kier alpha value is -1.96. The van der Waals surface area contributed by atoms with Gasteiger partial charge in [0, 0.05) is 5.54 Å². The summed E-state index contributed by atoms with van der Waals surface area (Å²) in [4.78, 5) is 0. The van der Waals surface area contributed by atoms with Gasteiger partial charge in [-0.1, -0.05) is 149 Å². The van der Waals surface area contributed by atoms with E-state index in [1.165, 1.54) is 43.8 Å². The van der Waals surface area contributed by atoms with Crippen molar-refractivity contribution in [2.75, 3.05) is 0 Å². The molecule has 2 radical (unpaired) electrons. The molecule has 2 aliphatic carbocycles. The first-order valence-corrected chi connectivity index (χ1v) is 15.7. The summed E-state index contributed by atoms with van der Waals surface area (Å²) in [7, 11) is -1.12. The Kier molecular flexibility index (Phi) is 13.1. The summed E-state index contributed by atoms with van der Waals surface area (Å²) in [5.41, 5.74) is 9.32. The number of hydrogen-bond acceptors (Lipinski definition) is 0. The molecule has 0 saturated heterocycles. The Balaban J connectivity index is 0.000000700. The molecule has 0 spiro atoms. The van der Waals surface area contributed by atoms with Gasteiger partial charge >= 0.3 is 26.2 Å². The van der Waals surface area contributed by atoms with Crippen LogP contribution in [0.1, 0.15) is 75.8 Å². The van der Waals surface area contributed by atoms with Crippen LogP contribution < -0.4 is 35.2 Å². The van der Waals surface area contributed by atoms with Gasteiger partial charge in [-0.3, -0.25) is 6.08 Å². The maximum Gasteiger partial charge on any atom is 3.00 e. The van der Waals surface area contributed by atoms with E-state index in [1.54, 1.807) is 0 Å².